The molecule has 0 atom stereocenters. The molecule has 2 aliphatic carbocycles. The van der Waals surface area contributed by atoms with Gasteiger partial charge in [0.1, 0.15) is 17.2 Å². The lowest BCUT2D eigenvalue weighted by Crippen LogP contribution is -2.39. The Bertz CT molecular complexity index is 983. The van der Waals surface area contributed by atoms with Crippen LogP contribution in [0.1, 0.15) is 68.1 Å². The SMILES string of the molecule is O=C(NC1CCCCC1)c1ccc(NCC2CCC3(CC2)CN(c2ccccn2)C(=O)O3)nc1. The number of hydrogen-bond donors (Lipinski definition) is 2. The van der Waals surface area contributed by atoms with E-state index >= 15 is 0 Å². The molecule has 2 amide bonds. The van der Waals surface area contributed by atoms with Gasteiger partial charge in [0.25, 0.3) is 5.91 Å². The lowest BCUT2D eigenvalue weighted by Gasteiger charge is -2.35. The maximum atomic E-state index is 12.5. The summed E-state index contributed by atoms with van der Waals surface area (Å²) in [4.78, 5) is 35.3. The standard InChI is InChI=1S/C26H33N5O3/c32-24(30-21-6-2-1-3-7-21)20-9-10-22(29-17-20)28-16-19-11-13-26(14-12-19)18-31(25(33)34-26)23-8-4-5-15-27-23/h4-5,8-10,15,17,19,21H,1-3,6-7,11-14,16,18H2,(H,28,29)(H,30,32). The first-order chi connectivity index (χ1) is 16.6. The number of pyridine rings is 2. The summed E-state index contributed by atoms with van der Waals surface area (Å²) in [6.07, 6.45) is 12.5. The molecular formula is C26H33N5O3. The van der Waals surface area contributed by atoms with E-state index in [0.29, 0.717) is 29.9 Å². The second-order valence-electron chi connectivity index (χ2n) is 9.89. The molecule has 1 saturated heterocycles. The second kappa shape index (κ2) is 9.99. The first kappa shape index (κ1) is 22.6. The summed E-state index contributed by atoms with van der Waals surface area (Å²) >= 11 is 0. The highest BCUT2D eigenvalue weighted by Crippen LogP contribution is 2.40. The molecule has 3 heterocycles. The number of amides is 2. The summed E-state index contributed by atoms with van der Waals surface area (Å²) in [6, 6.07) is 9.58. The molecule has 0 unspecified atom stereocenters. The summed E-state index contributed by atoms with van der Waals surface area (Å²) < 4.78 is 5.83. The predicted molar refractivity (Wildman–Crippen MR) is 130 cm³/mol. The largest absolute Gasteiger partial charge is 0.441 e. The van der Waals surface area contributed by atoms with E-state index in [1.54, 1.807) is 17.3 Å². The van der Waals surface area contributed by atoms with Crippen LogP contribution < -0.4 is 15.5 Å². The third-order valence-corrected chi connectivity index (χ3v) is 7.45. The third kappa shape index (κ3) is 5.16. The number of nitrogens with one attached hydrogen (secondary N) is 2. The zero-order valence-electron chi connectivity index (χ0n) is 19.5. The maximum Gasteiger partial charge on any atom is 0.416 e. The van der Waals surface area contributed by atoms with Crippen molar-refractivity contribution in [3.63, 3.8) is 0 Å². The van der Waals surface area contributed by atoms with Gasteiger partial charge in [0.2, 0.25) is 0 Å². The molecule has 34 heavy (non-hydrogen) atoms. The summed E-state index contributed by atoms with van der Waals surface area (Å²) in [5, 5.41) is 6.55. The van der Waals surface area contributed by atoms with Gasteiger partial charge in [-0.05, 0) is 68.7 Å². The number of carbonyl (C=O) groups excluding carboxylic acids is 2. The number of hydrogen-bond acceptors (Lipinski definition) is 6. The van der Waals surface area contributed by atoms with Crippen LogP contribution >= 0.6 is 0 Å². The van der Waals surface area contributed by atoms with Crippen molar-refractivity contribution in [2.45, 2.75) is 69.4 Å². The first-order valence-electron chi connectivity index (χ1n) is 12.5. The minimum absolute atomic E-state index is 0.0330. The Morgan fingerprint density at radius 2 is 1.88 bits per heavy atom. The molecule has 8 nitrogen and oxygen atoms in total. The fourth-order valence-corrected chi connectivity index (χ4v) is 5.38. The van der Waals surface area contributed by atoms with Crippen LogP contribution in [0.15, 0.2) is 42.7 Å². The summed E-state index contributed by atoms with van der Waals surface area (Å²) in [5.41, 5.74) is 0.202. The van der Waals surface area contributed by atoms with E-state index < -0.39 is 5.60 Å². The average Bonchev–Trinajstić information content (AvgIpc) is 3.20. The zero-order valence-corrected chi connectivity index (χ0v) is 19.5. The van der Waals surface area contributed by atoms with Crippen molar-refractivity contribution in [3.8, 4) is 0 Å². The average molecular weight is 464 g/mol. The number of aromatic nitrogens is 2. The molecular weight excluding hydrogens is 430 g/mol. The minimum Gasteiger partial charge on any atom is -0.441 e. The maximum absolute atomic E-state index is 12.5. The van der Waals surface area contributed by atoms with Crippen molar-refractivity contribution in [3.05, 3.63) is 48.3 Å². The van der Waals surface area contributed by atoms with E-state index in [2.05, 4.69) is 20.6 Å². The molecule has 1 spiro atoms. The molecule has 0 radical (unpaired) electrons. The van der Waals surface area contributed by atoms with E-state index in [0.717, 1.165) is 50.9 Å². The lowest BCUT2D eigenvalue weighted by atomic mass is 9.78. The fraction of sp³-hybridized carbons (Fsp3) is 0.538. The first-order valence-corrected chi connectivity index (χ1v) is 12.5. The van der Waals surface area contributed by atoms with Crippen molar-refractivity contribution in [1.29, 1.82) is 0 Å². The Morgan fingerprint density at radius 3 is 2.59 bits per heavy atom. The van der Waals surface area contributed by atoms with Crippen molar-refractivity contribution in [2.24, 2.45) is 5.92 Å². The van der Waals surface area contributed by atoms with Crippen LogP contribution in [0.5, 0.6) is 0 Å². The Morgan fingerprint density at radius 1 is 1.06 bits per heavy atom. The van der Waals surface area contributed by atoms with Crippen LogP contribution in [0, 0.1) is 5.92 Å². The fourth-order valence-electron chi connectivity index (χ4n) is 5.38. The van der Waals surface area contributed by atoms with E-state index in [4.69, 9.17) is 4.74 Å². The molecule has 3 aliphatic rings. The topological polar surface area (TPSA) is 96.5 Å². The van der Waals surface area contributed by atoms with Crippen molar-refractivity contribution in [2.75, 3.05) is 23.3 Å². The Hall–Kier alpha value is -3.16. The normalized spacial score (nSPS) is 25.2. The van der Waals surface area contributed by atoms with Gasteiger partial charge in [-0.15, -0.1) is 0 Å². The molecule has 3 fully saturated rings. The quantitative estimate of drug-likeness (QED) is 0.653. The lowest BCUT2D eigenvalue weighted by molar-refractivity contribution is 0.0148. The molecule has 2 N–H and O–H groups in total. The predicted octanol–water partition coefficient (Wildman–Crippen LogP) is 4.54. The number of ether oxygens (including phenoxy) is 1. The summed E-state index contributed by atoms with van der Waals surface area (Å²) in [6.45, 7) is 1.38. The Labute approximate surface area is 200 Å². The smallest absolute Gasteiger partial charge is 0.416 e. The highest BCUT2D eigenvalue weighted by Gasteiger charge is 2.47. The van der Waals surface area contributed by atoms with Crippen LogP contribution in [0.25, 0.3) is 0 Å². The summed E-state index contributed by atoms with van der Waals surface area (Å²) in [7, 11) is 0. The number of carbonyl (C=O) groups is 2. The monoisotopic (exact) mass is 463 g/mol. The molecule has 2 saturated carbocycles. The van der Waals surface area contributed by atoms with Crippen LogP contribution in [-0.2, 0) is 4.74 Å². The van der Waals surface area contributed by atoms with Gasteiger partial charge in [0.15, 0.2) is 0 Å². The molecule has 1 aliphatic heterocycles. The van der Waals surface area contributed by atoms with Gasteiger partial charge in [0, 0.05) is 25.0 Å². The molecule has 5 rings (SSSR count). The van der Waals surface area contributed by atoms with Gasteiger partial charge in [0.05, 0.1) is 12.1 Å². The molecule has 0 bridgehead atoms. The number of rotatable bonds is 6. The van der Waals surface area contributed by atoms with Crippen molar-refractivity contribution in [1.82, 2.24) is 15.3 Å². The van der Waals surface area contributed by atoms with Gasteiger partial charge in [-0.3, -0.25) is 9.69 Å². The van der Waals surface area contributed by atoms with Crippen LogP contribution in [0.4, 0.5) is 16.4 Å². The molecule has 2 aromatic rings. The van der Waals surface area contributed by atoms with Crippen molar-refractivity contribution < 1.29 is 14.3 Å². The minimum atomic E-state index is -0.406. The van der Waals surface area contributed by atoms with E-state index in [9.17, 15) is 9.59 Å². The van der Waals surface area contributed by atoms with Gasteiger partial charge >= 0.3 is 6.09 Å². The third-order valence-electron chi connectivity index (χ3n) is 7.45. The highest BCUT2D eigenvalue weighted by molar-refractivity contribution is 5.94. The van der Waals surface area contributed by atoms with Crippen LogP contribution in [0.3, 0.4) is 0 Å². The zero-order chi connectivity index (χ0) is 23.4. The molecule has 8 heteroatoms. The molecule has 180 valence electrons. The second-order valence-corrected chi connectivity index (χ2v) is 9.89. The van der Waals surface area contributed by atoms with Crippen molar-refractivity contribution >= 4 is 23.6 Å². The highest BCUT2D eigenvalue weighted by atomic mass is 16.6. The van der Waals surface area contributed by atoms with E-state index in [-0.39, 0.29) is 12.0 Å². The molecule has 2 aromatic heterocycles. The van der Waals surface area contributed by atoms with E-state index in [1.165, 1.54) is 19.3 Å². The number of anilines is 2. The van der Waals surface area contributed by atoms with Gasteiger partial charge < -0.3 is 15.4 Å². The van der Waals surface area contributed by atoms with Gasteiger partial charge in [-0.2, -0.15) is 0 Å². The van der Waals surface area contributed by atoms with Crippen LogP contribution in [-0.4, -0.2) is 46.7 Å². The number of nitrogens with zero attached hydrogens (tertiary/aromatic N) is 3. The van der Waals surface area contributed by atoms with Crippen LogP contribution in [0.2, 0.25) is 0 Å². The molecule has 0 aromatic carbocycles. The van der Waals surface area contributed by atoms with E-state index in [1.807, 2.05) is 30.3 Å². The van der Waals surface area contributed by atoms with Gasteiger partial charge in [-0.1, -0.05) is 25.3 Å². The summed E-state index contributed by atoms with van der Waals surface area (Å²) in [5.74, 6) is 1.89. The Balaban J connectivity index is 1.08. The van der Waals surface area contributed by atoms with Gasteiger partial charge in [-0.25, -0.2) is 14.8 Å². The Kier molecular flexibility index (Phi) is 6.65.